The molecule has 0 aliphatic carbocycles. The van der Waals surface area contributed by atoms with E-state index in [0.29, 0.717) is 17.0 Å². The first-order valence-corrected chi connectivity index (χ1v) is 9.72. The van der Waals surface area contributed by atoms with Gasteiger partial charge in [-0.3, -0.25) is 4.79 Å². The highest BCUT2D eigenvalue weighted by molar-refractivity contribution is 7.89. The Bertz CT molecular complexity index is 846. The zero-order chi connectivity index (χ0) is 18.6. The van der Waals surface area contributed by atoms with Crippen LogP contribution in [0.4, 0.5) is 0 Å². The normalized spacial score (nSPS) is 12.8. The topological polar surface area (TPSA) is 89.3 Å². The third-order valence-corrected chi connectivity index (χ3v) is 4.91. The first-order chi connectivity index (χ1) is 11.7. The van der Waals surface area contributed by atoms with Crippen molar-refractivity contribution in [3.8, 4) is 0 Å². The van der Waals surface area contributed by atoms with Crippen LogP contribution in [0.3, 0.4) is 0 Å². The van der Waals surface area contributed by atoms with Crippen molar-refractivity contribution in [2.75, 3.05) is 0 Å². The molecule has 0 spiro atoms. The van der Waals surface area contributed by atoms with Crippen molar-refractivity contribution < 1.29 is 13.2 Å². The van der Waals surface area contributed by atoms with Crippen LogP contribution in [0.15, 0.2) is 53.4 Å². The fourth-order valence-electron chi connectivity index (χ4n) is 2.69. The van der Waals surface area contributed by atoms with Crippen molar-refractivity contribution in [2.45, 2.75) is 38.1 Å². The Morgan fingerprint density at radius 1 is 1.12 bits per heavy atom. The predicted octanol–water partition coefficient (Wildman–Crippen LogP) is 3.16. The molecule has 0 heterocycles. The molecular formula is C19H24N2O3S. The lowest BCUT2D eigenvalue weighted by atomic mass is 9.96. The molecule has 2 aromatic rings. The second kappa shape index (κ2) is 7.80. The van der Waals surface area contributed by atoms with Gasteiger partial charge in [0.1, 0.15) is 0 Å². The Hall–Kier alpha value is -2.18. The van der Waals surface area contributed by atoms with Gasteiger partial charge in [-0.2, -0.15) is 0 Å². The van der Waals surface area contributed by atoms with Crippen molar-refractivity contribution in [2.24, 2.45) is 11.1 Å². The number of rotatable bonds is 6. The lowest BCUT2D eigenvalue weighted by molar-refractivity contribution is 0.0931. The molecule has 0 aliphatic rings. The standard InChI is InChI=1S/C19H24N2O3S/c1-13(2)11-18(15-7-5-4-6-8-15)21-19(22)17-12-16(25(20,23)24)10-9-14(17)3/h4-10,12-13,18H,11H2,1-3H3,(H,21,22)(H2,20,23,24)/t18-/m0/s1. The van der Waals surface area contributed by atoms with Gasteiger partial charge in [0.15, 0.2) is 0 Å². The zero-order valence-corrected chi connectivity index (χ0v) is 15.5. The maximum Gasteiger partial charge on any atom is 0.252 e. The van der Waals surface area contributed by atoms with Crippen LogP contribution in [0.1, 0.15) is 47.8 Å². The van der Waals surface area contributed by atoms with Gasteiger partial charge in [0.25, 0.3) is 5.91 Å². The van der Waals surface area contributed by atoms with Crippen molar-refractivity contribution >= 4 is 15.9 Å². The molecular weight excluding hydrogens is 336 g/mol. The minimum Gasteiger partial charge on any atom is -0.345 e. The Balaban J connectivity index is 2.32. The van der Waals surface area contributed by atoms with E-state index in [1.807, 2.05) is 30.3 Å². The molecule has 6 heteroatoms. The van der Waals surface area contributed by atoms with Crippen LogP contribution in [-0.4, -0.2) is 14.3 Å². The number of aryl methyl sites for hydroxylation is 1. The maximum atomic E-state index is 12.8. The highest BCUT2D eigenvalue weighted by Crippen LogP contribution is 2.23. The summed E-state index contributed by atoms with van der Waals surface area (Å²) < 4.78 is 23.1. The van der Waals surface area contributed by atoms with Crippen LogP contribution in [0, 0.1) is 12.8 Å². The van der Waals surface area contributed by atoms with E-state index >= 15 is 0 Å². The third kappa shape index (κ3) is 5.14. The second-order valence-electron chi connectivity index (χ2n) is 6.59. The number of carbonyl (C=O) groups is 1. The Kier molecular flexibility index (Phi) is 5.98. The Morgan fingerprint density at radius 3 is 2.32 bits per heavy atom. The van der Waals surface area contributed by atoms with E-state index in [-0.39, 0.29) is 16.8 Å². The van der Waals surface area contributed by atoms with Gasteiger partial charge in [-0.15, -0.1) is 0 Å². The van der Waals surface area contributed by atoms with Crippen LogP contribution in [0.2, 0.25) is 0 Å². The summed E-state index contributed by atoms with van der Waals surface area (Å²) in [4.78, 5) is 12.7. The molecule has 134 valence electrons. The molecule has 0 fully saturated rings. The van der Waals surface area contributed by atoms with E-state index in [1.54, 1.807) is 13.0 Å². The van der Waals surface area contributed by atoms with Crippen LogP contribution >= 0.6 is 0 Å². The number of benzene rings is 2. The fourth-order valence-corrected chi connectivity index (χ4v) is 3.23. The number of sulfonamides is 1. The Labute approximate surface area is 149 Å². The average molecular weight is 360 g/mol. The molecule has 0 saturated carbocycles. The van der Waals surface area contributed by atoms with Crippen molar-refractivity contribution in [1.82, 2.24) is 5.32 Å². The van der Waals surface area contributed by atoms with Gasteiger partial charge in [0, 0.05) is 5.56 Å². The van der Waals surface area contributed by atoms with Crippen molar-refractivity contribution in [1.29, 1.82) is 0 Å². The maximum absolute atomic E-state index is 12.8. The summed E-state index contributed by atoms with van der Waals surface area (Å²) in [5, 5.41) is 8.20. The monoisotopic (exact) mass is 360 g/mol. The summed E-state index contributed by atoms with van der Waals surface area (Å²) in [6.45, 7) is 5.95. The minimum absolute atomic E-state index is 0.0663. The van der Waals surface area contributed by atoms with E-state index in [4.69, 9.17) is 5.14 Å². The molecule has 1 amide bonds. The molecule has 0 unspecified atom stereocenters. The number of carbonyl (C=O) groups excluding carboxylic acids is 1. The van der Waals surface area contributed by atoms with E-state index < -0.39 is 10.0 Å². The summed E-state index contributed by atoms with van der Waals surface area (Å²) >= 11 is 0. The van der Waals surface area contributed by atoms with Crippen LogP contribution < -0.4 is 10.5 Å². The summed E-state index contributed by atoms with van der Waals surface area (Å²) in [6.07, 6.45) is 0.781. The van der Waals surface area contributed by atoms with Gasteiger partial charge in [0.05, 0.1) is 10.9 Å². The van der Waals surface area contributed by atoms with Gasteiger partial charge in [-0.05, 0) is 42.5 Å². The molecule has 2 rings (SSSR count). The molecule has 0 radical (unpaired) electrons. The van der Waals surface area contributed by atoms with Crippen LogP contribution in [0.5, 0.6) is 0 Å². The lowest BCUT2D eigenvalue weighted by Gasteiger charge is -2.22. The third-order valence-electron chi connectivity index (χ3n) is 4.00. The lowest BCUT2D eigenvalue weighted by Crippen LogP contribution is -2.30. The fraction of sp³-hybridized carbons (Fsp3) is 0.316. The second-order valence-corrected chi connectivity index (χ2v) is 8.15. The van der Waals surface area contributed by atoms with E-state index in [9.17, 15) is 13.2 Å². The quantitative estimate of drug-likeness (QED) is 0.829. The van der Waals surface area contributed by atoms with Gasteiger partial charge in [-0.1, -0.05) is 50.2 Å². The van der Waals surface area contributed by atoms with E-state index in [1.165, 1.54) is 12.1 Å². The van der Waals surface area contributed by atoms with Gasteiger partial charge < -0.3 is 5.32 Å². The van der Waals surface area contributed by atoms with Crippen molar-refractivity contribution in [3.05, 3.63) is 65.2 Å². The molecule has 2 aromatic carbocycles. The smallest absolute Gasteiger partial charge is 0.252 e. The molecule has 1 atom stereocenters. The number of nitrogens with one attached hydrogen (secondary N) is 1. The first kappa shape index (κ1) is 19.1. The molecule has 3 N–H and O–H groups in total. The van der Waals surface area contributed by atoms with Gasteiger partial charge in [-0.25, -0.2) is 13.6 Å². The highest BCUT2D eigenvalue weighted by atomic mass is 32.2. The molecule has 0 saturated heterocycles. The number of hydrogen-bond donors (Lipinski definition) is 2. The van der Waals surface area contributed by atoms with Gasteiger partial charge in [0.2, 0.25) is 10.0 Å². The van der Waals surface area contributed by atoms with Gasteiger partial charge >= 0.3 is 0 Å². The van der Waals surface area contributed by atoms with Crippen LogP contribution in [0.25, 0.3) is 0 Å². The summed E-state index contributed by atoms with van der Waals surface area (Å²) in [6, 6.07) is 13.9. The van der Waals surface area contributed by atoms with Crippen LogP contribution in [-0.2, 0) is 10.0 Å². The molecule has 25 heavy (non-hydrogen) atoms. The zero-order valence-electron chi connectivity index (χ0n) is 14.7. The SMILES string of the molecule is Cc1ccc(S(N)(=O)=O)cc1C(=O)N[C@@H](CC(C)C)c1ccccc1. The molecule has 0 aromatic heterocycles. The highest BCUT2D eigenvalue weighted by Gasteiger charge is 2.20. The largest absolute Gasteiger partial charge is 0.345 e. The number of hydrogen-bond acceptors (Lipinski definition) is 3. The molecule has 0 aliphatic heterocycles. The molecule has 5 nitrogen and oxygen atoms in total. The summed E-state index contributed by atoms with van der Waals surface area (Å²) in [5.41, 5.74) is 2.03. The van der Waals surface area contributed by atoms with E-state index in [2.05, 4.69) is 19.2 Å². The summed E-state index contributed by atoms with van der Waals surface area (Å²) in [7, 11) is -3.86. The minimum atomic E-state index is -3.86. The van der Waals surface area contributed by atoms with Crippen molar-refractivity contribution in [3.63, 3.8) is 0 Å². The average Bonchev–Trinajstić information content (AvgIpc) is 2.53. The first-order valence-electron chi connectivity index (χ1n) is 8.17. The number of primary sulfonamides is 1. The number of amides is 1. The molecule has 0 bridgehead atoms. The summed E-state index contributed by atoms with van der Waals surface area (Å²) in [5.74, 6) is 0.0832. The van der Waals surface area contributed by atoms with E-state index in [0.717, 1.165) is 12.0 Å². The predicted molar refractivity (Wildman–Crippen MR) is 98.7 cm³/mol. The number of nitrogens with two attached hydrogens (primary N) is 1. The Morgan fingerprint density at radius 2 is 1.76 bits per heavy atom.